The van der Waals surface area contributed by atoms with Crippen LogP contribution >= 0.6 is 0 Å². The molecule has 0 bridgehead atoms. The maximum Gasteiger partial charge on any atom is 0.303 e. The van der Waals surface area contributed by atoms with Crippen LogP contribution in [0.3, 0.4) is 0 Å². The third-order valence-corrected chi connectivity index (χ3v) is 3.89. The number of hydrogen-bond donors (Lipinski definition) is 1. The number of nitrogens with zero attached hydrogens (tertiary/aromatic N) is 1. The van der Waals surface area contributed by atoms with Crippen molar-refractivity contribution in [1.82, 2.24) is 0 Å². The minimum absolute atomic E-state index is 0.0859. The summed E-state index contributed by atoms with van der Waals surface area (Å²) in [5, 5.41) is 8.84. The average molecular weight is 293 g/mol. The van der Waals surface area contributed by atoms with Crippen molar-refractivity contribution in [2.75, 3.05) is 32.2 Å². The lowest BCUT2D eigenvalue weighted by Gasteiger charge is -2.30. The van der Waals surface area contributed by atoms with Crippen LogP contribution in [-0.4, -0.2) is 38.4 Å². The fraction of sp³-hybridized carbons (Fsp3) is 0.562. The smallest absolute Gasteiger partial charge is 0.303 e. The SMILES string of the molecule is COc1cc(N2CCCCC2)c(OC)cc1CCC(=O)O. The molecule has 0 atom stereocenters. The zero-order valence-electron chi connectivity index (χ0n) is 12.7. The number of piperidine rings is 1. The van der Waals surface area contributed by atoms with Gasteiger partial charge in [-0.25, -0.2) is 0 Å². The Labute approximate surface area is 125 Å². The molecule has 0 spiro atoms. The highest BCUT2D eigenvalue weighted by Gasteiger charge is 2.18. The topological polar surface area (TPSA) is 59.0 Å². The molecule has 1 aliphatic heterocycles. The first kappa shape index (κ1) is 15.5. The van der Waals surface area contributed by atoms with Gasteiger partial charge in [-0.15, -0.1) is 0 Å². The Hall–Kier alpha value is -1.91. The van der Waals surface area contributed by atoms with Gasteiger partial charge in [0.05, 0.1) is 19.9 Å². The second-order valence-electron chi connectivity index (χ2n) is 5.28. The molecule has 1 aromatic rings. The van der Waals surface area contributed by atoms with Crippen LogP contribution in [0.4, 0.5) is 5.69 Å². The number of anilines is 1. The summed E-state index contributed by atoms with van der Waals surface area (Å²) < 4.78 is 10.9. The highest BCUT2D eigenvalue weighted by Crippen LogP contribution is 2.37. The lowest BCUT2D eigenvalue weighted by atomic mass is 10.0. The van der Waals surface area contributed by atoms with E-state index in [9.17, 15) is 4.79 Å². The lowest BCUT2D eigenvalue weighted by molar-refractivity contribution is -0.136. The first-order chi connectivity index (χ1) is 10.2. The fourth-order valence-electron chi connectivity index (χ4n) is 2.76. The van der Waals surface area contributed by atoms with E-state index >= 15 is 0 Å². The molecule has 0 aromatic heterocycles. The molecule has 0 radical (unpaired) electrons. The summed E-state index contributed by atoms with van der Waals surface area (Å²) in [6.07, 6.45) is 4.17. The van der Waals surface area contributed by atoms with E-state index in [1.54, 1.807) is 14.2 Å². The minimum atomic E-state index is -0.809. The number of aryl methyl sites for hydroxylation is 1. The normalized spacial score (nSPS) is 14.9. The summed E-state index contributed by atoms with van der Waals surface area (Å²) >= 11 is 0. The molecule has 1 fully saturated rings. The number of carbonyl (C=O) groups is 1. The van der Waals surface area contributed by atoms with Gasteiger partial charge in [-0.1, -0.05) is 0 Å². The molecule has 1 N–H and O–H groups in total. The Morgan fingerprint density at radius 2 is 1.81 bits per heavy atom. The molecular formula is C16H23NO4. The van der Waals surface area contributed by atoms with Crippen molar-refractivity contribution < 1.29 is 19.4 Å². The van der Waals surface area contributed by atoms with Crippen molar-refractivity contribution >= 4 is 11.7 Å². The van der Waals surface area contributed by atoms with Crippen LogP contribution in [0.15, 0.2) is 12.1 Å². The number of benzene rings is 1. The molecule has 1 aromatic carbocycles. The first-order valence-electron chi connectivity index (χ1n) is 7.37. The molecule has 116 valence electrons. The number of aliphatic carboxylic acids is 1. The van der Waals surface area contributed by atoms with Crippen molar-refractivity contribution in [1.29, 1.82) is 0 Å². The van der Waals surface area contributed by atoms with E-state index in [1.165, 1.54) is 19.3 Å². The summed E-state index contributed by atoms with van der Waals surface area (Å²) in [4.78, 5) is 13.1. The number of methoxy groups -OCH3 is 2. The van der Waals surface area contributed by atoms with E-state index in [0.29, 0.717) is 6.42 Å². The van der Waals surface area contributed by atoms with Crippen LogP contribution in [0.2, 0.25) is 0 Å². The van der Waals surface area contributed by atoms with Crippen LogP contribution in [0.25, 0.3) is 0 Å². The van der Waals surface area contributed by atoms with Crippen LogP contribution < -0.4 is 14.4 Å². The highest BCUT2D eigenvalue weighted by atomic mass is 16.5. The van der Waals surface area contributed by atoms with Gasteiger partial charge >= 0.3 is 5.97 Å². The first-order valence-corrected chi connectivity index (χ1v) is 7.37. The molecule has 1 saturated heterocycles. The third kappa shape index (κ3) is 3.80. The zero-order valence-corrected chi connectivity index (χ0v) is 12.7. The summed E-state index contributed by atoms with van der Waals surface area (Å²) in [6, 6.07) is 3.88. The number of rotatable bonds is 6. The Balaban J connectivity index is 2.30. The van der Waals surface area contributed by atoms with E-state index in [1.807, 2.05) is 12.1 Å². The quantitative estimate of drug-likeness (QED) is 0.874. The molecule has 0 amide bonds. The summed E-state index contributed by atoms with van der Waals surface area (Å²) in [6.45, 7) is 2.04. The van der Waals surface area contributed by atoms with Crippen molar-refractivity contribution in [3.63, 3.8) is 0 Å². The minimum Gasteiger partial charge on any atom is -0.496 e. The summed E-state index contributed by atoms with van der Waals surface area (Å²) in [7, 11) is 3.27. The lowest BCUT2D eigenvalue weighted by Crippen LogP contribution is -2.29. The van der Waals surface area contributed by atoms with Crippen molar-refractivity contribution in [3.8, 4) is 11.5 Å². The third-order valence-electron chi connectivity index (χ3n) is 3.89. The maximum absolute atomic E-state index is 10.8. The summed E-state index contributed by atoms with van der Waals surface area (Å²) in [5.74, 6) is 0.715. The van der Waals surface area contributed by atoms with Crippen molar-refractivity contribution in [3.05, 3.63) is 17.7 Å². The fourth-order valence-corrected chi connectivity index (χ4v) is 2.76. The molecule has 5 nitrogen and oxygen atoms in total. The Morgan fingerprint density at radius 1 is 1.14 bits per heavy atom. The summed E-state index contributed by atoms with van der Waals surface area (Å²) in [5.41, 5.74) is 1.91. The Kier molecular flexibility index (Phi) is 5.31. The van der Waals surface area contributed by atoms with Crippen molar-refractivity contribution in [2.24, 2.45) is 0 Å². The Morgan fingerprint density at radius 3 is 2.38 bits per heavy atom. The molecule has 0 unspecified atom stereocenters. The van der Waals surface area contributed by atoms with Crippen LogP contribution in [-0.2, 0) is 11.2 Å². The number of carboxylic acid groups (broad SMARTS) is 1. The van der Waals surface area contributed by atoms with E-state index in [0.717, 1.165) is 35.8 Å². The van der Waals surface area contributed by atoms with Crippen LogP contribution in [0.5, 0.6) is 11.5 Å². The molecule has 5 heteroatoms. The van der Waals surface area contributed by atoms with Gasteiger partial charge in [0.2, 0.25) is 0 Å². The molecule has 1 aliphatic rings. The predicted molar refractivity (Wildman–Crippen MR) is 81.6 cm³/mol. The highest BCUT2D eigenvalue weighted by molar-refractivity contribution is 5.68. The standard InChI is InChI=1S/C16H23NO4/c1-20-14-11-13(17-8-4-3-5-9-17)15(21-2)10-12(14)6-7-16(18)19/h10-11H,3-9H2,1-2H3,(H,18,19). The molecule has 1 heterocycles. The van der Waals surface area contributed by atoms with Gasteiger partial charge in [-0.2, -0.15) is 0 Å². The number of hydrogen-bond acceptors (Lipinski definition) is 4. The number of carboxylic acids is 1. The maximum atomic E-state index is 10.8. The second-order valence-corrected chi connectivity index (χ2v) is 5.28. The van der Waals surface area contributed by atoms with E-state index in [-0.39, 0.29) is 6.42 Å². The molecule has 0 aliphatic carbocycles. The van der Waals surface area contributed by atoms with Gasteiger partial charge < -0.3 is 19.5 Å². The van der Waals surface area contributed by atoms with Crippen LogP contribution in [0.1, 0.15) is 31.2 Å². The Bertz CT molecular complexity index is 495. The molecule has 2 rings (SSSR count). The van der Waals surface area contributed by atoms with Crippen molar-refractivity contribution in [2.45, 2.75) is 32.1 Å². The largest absolute Gasteiger partial charge is 0.496 e. The van der Waals surface area contributed by atoms with E-state index in [2.05, 4.69) is 4.90 Å². The predicted octanol–water partition coefficient (Wildman–Crippen LogP) is 2.71. The van der Waals surface area contributed by atoms with Gasteiger partial charge in [0, 0.05) is 25.6 Å². The van der Waals surface area contributed by atoms with E-state index in [4.69, 9.17) is 14.6 Å². The van der Waals surface area contributed by atoms with Gasteiger partial charge in [-0.3, -0.25) is 4.79 Å². The van der Waals surface area contributed by atoms with Gasteiger partial charge in [0.1, 0.15) is 11.5 Å². The molecule has 21 heavy (non-hydrogen) atoms. The van der Waals surface area contributed by atoms with Gasteiger partial charge in [0.15, 0.2) is 0 Å². The average Bonchev–Trinajstić information content (AvgIpc) is 2.52. The number of ether oxygens (including phenoxy) is 2. The van der Waals surface area contributed by atoms with E-state index < -0.39 is 5.97 Å². The second kappa shape index (κ2) is 7.20. The monoisotopic (exact) mass is 293 g/mol. The molecular weight excluding hydrogens is 270 g/mol. The molecule has 0 saturated carbocycles. The van der Waals surface area contributed by atoms with Gasteiger partial charge in [0.25, 0.3) is 0 Å². The van der Waals surface area contributed by atoms with Gasteiger partial charge in [-0.05, 0) is 37.3 Å². The zero-order chi connectivity index (χ0) is 15.2. The van der Waals surface area contributed by atoms with Crippen LogP contribution in [0, 0.1) is 0 Å².